The first-order valence-corrected chi connectivity index (χ1v) is 6.46. The van der Waals surface area contributed by atoms with Gasteiger partial charge in [0.25, 0.3) is 0 Å². The van der Waals surface area contributed by atoms with Gasteiger partial charge in [-0.3, -0.25) is 0 Å². The average Bonchev–Trinajstić information content (AvgIpc) is 2.34. The molecule has 0 bridgehead atoms. The number of ether oxygens (including phenoxy) is 1. The molecule has 0 aliphatic carbocycles. The standard InChI is InChI=1S/C13H11BrClNO2/c1-8-4-11(15)2-3-12(8)18-13-9(7-17)5-10(14)6-16-13/h2-6,17H,7H2,1H3. The van der Waals surface area contributed by atoms with Gasteiger partial charge in [0.15, 0.2) is 0 Å². The van der Waals surface area contributed by atoms with Crippen molar-refractivity contribution >= 4 is 27.5 Å². The minimum Gasteiger partial charge on any atom is -0.438 e. The van der Waals surface area contributed by atoms with Crippen molar-refractivity contribution in [2.45, 2.75) is 13.5 Å². The zero-order valence-electron chi connectivity index (χ0n) is 9.65. The van der Waals surface area contributed by atoms with Gasteiger partial charge < -0.3 is 9.84 Å². The van der Waals surface area contributed by atoms with Crippen molar-refractivity contribution in [3.8, 4) is 11.6 Å². The maximum Gasteiger partial charge on any atom is 0.224 e. The number of halogens is 2. The van der Waals surface area contributed by atoms with E-state index < -0.39 is 0 Å². The van der Waals surface area contributed by atoms with Crippen molar-refractivity contribution in [3.63, 3.8) is 0 Å². The lowest BCUT2D eigenvalue weighted by molar-refractivity contribution is 0.275. The highest BCUT2D eigenvalue weighted by atomic mass is 79.9. The Balaban J connectivity index is 2.33. The molecular formula is C13H11BrClNO2. The highest BCUT2D eigenvalue weighted by Crippen LogP contribution is 2.29. The summed E-state index contributed by atoms with van der Waals surface area (Å²) in [4.78, 5) is 4.15. The molecule has 3 nitrogen and oxygen atoms in total. The maximum atomic E-state index is 9.27. The number of hydrogen-bond donors (Lipinski definition) is 1. The van der Waals surface area contributed by atoms with Crippen LogP contribution in [0.2, 0.25) is 5.02 Å². The van der Waals surface area contributed by atoms with Crippen molar-refractivity contribution in [3.05, 3.63) is 51.1 Å². The van der Waals surface area contributed by atoms with E-state index in [0.717, 1.165) is 10.0 Å². The van der Waals surface area contributed by atoms with Gasteiger partial charge in [0, 0.05) is 21.3 Å². The summed E-state index contributed by atoms with van der Waals surface area (Å²) in [6.45, 7) is 1.77. The highest BCUT2D eigenvalue weighted by Gasteiger charge is 2.08. The topological polar surface area (TPSA) is 42.4 Å². The number of rotatable bonds is 3. The fourth-order valence-electron chi connectivity index (χ4n) is 1.51. The van der Waals surface area contributed by atoms with Crippen molar-refractivity contribution in [1.82, 2.24) is 4.98 Å². The van der Waals surface area contributed by atoms with Gasteiger partial charge in [-0.25, -0.2) is 4.98 Å². The first kappa shape index (κ1) is 13.3. The average molecular weight is 329 g/mol. The molecule has 0 spiro atoms. The number of aryl methyl sites for hydroxylation is 1. The van der Waals surface area contributed by atoms with Crippen LogP contribution in [0.15, 0.2) is 34.9 Å². The minimum absolute atomic E-state index is 0.131. The van der Waals surface area contributed by atoms with Gasteiger partial charge in [0.05, 0.1) is 6.61 Å². The molecule has 1 N–H and O–H groups in total. The Hall–Kier alpha value is -1.10. The number of nitrogens with zero attached hydrogens (tertiary/aromatic N) is 1. The minimum atomic E-state index is -0.131. The number of aromatic nitrogens is 1. The van der Waals surface area contributed by atoms with E-state index in [1.54, 1.807) is 24.4 Å². The van der Waals surface area contributed by atoms with E-state index in [0.29, 0.717) is 22.2 Å². The van der Waals surface area contributed by atoms with E-state index in [9.17, 15) is 5.11 Å². The van der Waals surface area contributed by atoms with Crippen LogP contribution in [-0.4, -0.2) is 10.1 Å². The van der Waals surface area contributed by atoms with E-state index in [4.69, 9.17) is 16.3 Å². The molecule has 0 fully saturated rings. The molecule has 0 saturated heterocycles. The van der Waals surface area contributed by atoms with Crippen LogP contribution in [0, 0.1) is 6.92 Å². The van der Waals surface area contributed by atoms with E-state index in [1.807, 2.05) is 13.0 Å². The number of benzene rings is 1. The lowest BCUT2D eigenvalue weighted by Crippen LogP contribution is -1.96. The number of aliphatic hydroxyl groups is 1. The van der Waals surface area contributed by atoms with Gasteiger partial charge in [-0.1, -0.05) is 11.6 Å². The van der Waals surface area contributed by atoms with Crippen LogP contribution in [-0.2, 0) is 6.61 Å². The van der Waals surface area contributed by atoms with Gasteiger partial charge in [0.2, 0.25) is 5.88 Å². The zero-order chi connectivity index (χ0) is 13.1. The molecule has 0 saturated carbocycles. The summed E-state index contributed by atoms with van der Waals surface area (Å²) < 4.78 is 6.49. The summed E-state index contributed by atoms with van der Waals surface area (Å²) >= 11 is 9.18. The Bertz CT molecular complexity index is 575. The molecular weight excluding hydrogens is 318 g/mol. The van der Waals surface area contributed by atoms with Crippen molar-refractivity contribution in [2.75, 3.05) is 0 Å². The molecule has 1 heterocycles. The van der Waals surface area contributed by atoms with Crippen molar-refractivity contribution < 1.29 is 9.84 Å². The Morgan fingerprint density at radius 2 is 2.17 bits per heavy atom. The molecule has 0 atom stereocenters. The Morgan fingerprint density at radius 1 is 1.39 bits per heavy atom. The largest absolute Gasteiger partial charge is 0.438 e. The van der Waals surface area contributed by atoms with Gasteiger partial charge in [-0.15, -0.1) is 0 Å². The summed E-state index contributed by atoms with van der Waals surface area (Å²) in [6, 6.07) is 7.12. The smallest absolute Gasteiger partial charge is 0.224 e. The van der Waals surface area contributed by atoms with Crippen LogP contribution in [0.5, 0.6) is 11.6 Å². The third kappa shape index (κ3) is 3.02. The molecule has 2 aromatic rings. The van der Waals surface area contributed by atoms with Crippen molar-refractivity contribution in [2.24, 2.45) is 0 Å². The summed E-state index contributed by atoms with van der Waals surface area (Å²) in [5.74, 6) is 1.06. The molecule has 5 heteroatoms. The van der Waals surface area contributed by atoms with Gasteiger partial charge in [-0.05, 0) is 52.7 Å². The molecule has 0 aliphatic heterocycles. The second-order valence-corrected chi connectivity index (χ2v) is 5.14. The lowest BCUT2D eigenvalue weighted by atomic mass is 10.2. The second kappa shape index (κ2) is 5.69. The molecule has 18 heavy (non-hydrogen) atoms. The van der Waals surface area contributed by atoms with Crippen LogP contribution in [0.25, 0.3) is 0 Å². The van der Waals surface area contributed by atoms with Gasteiger partial charge >= 0.3 is 0 Å². The zero-order valence-corrected chi connectivity index (χ0v) is 12.0. The van der Waals surface area contributed by atoms with Gasteiger partial charge in [-0.2, -0.15) is 0 Å². The molecule has 1 aromatic carbocycles. The number of pyridine rings is 1. The summed E-state index contributed by atoms with van der Waals surface area (Å²) in [7, 11) is 0. The predicted molar refractivity (Wildman–Crippen MR) is 74.1 cm³/mol. The van der Waals surface area contributed by atoms with Crippen LogP contribution in [0.3, 0.4) is 0 Å². The fraction of sp³-hybridized carbons (Fsp3) is 0.154. The third-order valence-corrected chi connectivity index (χ3v) is 3.07. The molecule has 94 valence electrons. The lowest BCUT2D eigenvalue weighted by Gasteiger charge is -2.11. The predicted octanol–water partition coefficient (Wildman–Crippen LogP) is 4.09. The third-order valence-electron chi connectivity index (χ3n) is 2.41. The SMILES string of the molecule is Cc1cc(Cl)ccc1Oc1ncc(Br)cc1CO. The molecule has 2 rings (SSSR count). The van der Waals surface area contributed by atoms with Gasteiger partial charge in [0.1, 0.15) is 5.75 Å². The van der Waals surface area contributed by atoms with Crippen LogP contribution >= 0.6 is 27.5 Å². The second-order valence-electron chi connectivity index (χ2n) is 3.79. The van der Waals surface area contributed by atoms with Crippen molar-refractivity contribution in [1.29, 1.82) is 0 Å². The van der Waals surface area contributed by atoms with E-state index >= 15 is 0 Å². The van der Waals surface area contributed by atoms with E-state index in [2.05, 4.69) is 20.9 Å². The van der Waals surface area contributed by atoms with Crippen LogP contribution in [0.1, 0.15) is 11.1 Å². The van der Waals surface area contributed by atoms with Crippen LogP contribution in [0.4, 0.5) is 0 Å². The Labute approximate surface area is 119 Å². The van der Waals surface area contributed by atoms with E-state index in [-0.39, 0.29) is 6.61 Å². The Kier molecular flexibility index (Phi) is 4.22. The quantitative estimate of drug-likeness (QED) is 0.922. The summed E-state index contributed by atoms with van der Waals surface area (Å²) in [5.41, 5.74) is 1.54. The highest BCUT2D eigenvalue weighted by molar-refractivity contribution is 9.10. The fourth-order valence-corrected chi connectivity index (χ4v) is 2.11. The number of aliphatic hydroxyl groups excluding tert-OH is 1. The maximum absolute atomic E-state index is 9.27. The molecule has 0 amide bonds. The molecule has 0 aliphatic rings. The van der Waals surface area contributed by atoms with E-state index in [1.165, 1.54) is 0 Å². The normalized spacial score (nSPS) is 10.4. The summed E-state index contributed by atoms with van der Waals surface area (Å²) in [6.07, 6.45) is 1.62. The number of hydrogen-bond acceptors (Lipinski definition) is 3. The van der Waals surface area contributed by atoms with Crippen LogP contribution < -0.4 is 4.74 Å². The molecule has 0 unspecified atom stereocenters. The first-order valence-electron chi connectivity index (χ1n) is 5.29. The molecule has 1 aromatic heterocycles. The Morgan fingerprint density at radius 3 is 2.83 bits per heavy atom. The monoisotopic (exact) mass is 327 g/mol. The molecule has 0 radical (unpaired) electrons. The first-order chi connectivity index (χ1) is 8.60. The summed E-state index contributed by atoms with van der Waals surface area (Å²) in [5, 5.41) is 9.93.